The van der Waals surface area contributed by atoms with Crippen LogP contribution in [0.4, 0.5) is 10.1 Å². The fraction of sp³-hybridized carbons (Fsp3) is 0.0769. The number of anilines is 1. The lowest BCUT2D eigenvalue weighted by molar-refractivity contribution is 0.630. The minimum atomic E-state index is -0.357. The Balaban J connectivity index is 2.13. The fourth-order valence-corrected chi connectivity index (χ4v) is 2.14. The average molecular weight is 305 g/mol. The second kappa shape index (κ2) is 5.79. The number of benzene rings is 2. The Labute approximate surface area is 119 Å². The maximum absolute atomic E-state index is 13.5. The van der Waals surface area contributed by atoms with Gasteiger partial charge in [0, 0.05) is 21.6 Å². The average Bonchev–Trinajstić information content (AvgIpc) is 2.32. The van der Waals surface area contributed by atoms with E-state index in [1.165, 1.54) is 18.2 Å². The molecule has 2 aromatic carbocycles. The molecule has 2 aromatic rings. The Morgan fingerprint density at radius 1 is 0.944 bits per heavy atom. The van der Waals surface area contributed by atoms with E-state index in [1.807, 2.05) is 0 Å². The van der Waals surface area contributed by atoms with Gasteiger partial charge in [0.05, 0.1) is 5.69 Å². The molecule has 0 aliphatic heterocycles. The summed E-state index contributed by atoms with van der Waals surface area (Å²) < 4.78 is 13.5. The fourth-order valence-electron chi connectivity index (χ4n) is 1.49. The molecule has 0 spiro atoms. The maximum atomic E-state index is 13.5. The van der Waals surface area contributed by atoms with Crippen molar-refractivity contribution in [2.45, 2.75) is 6.54 Å². The third-order valence-electron chi connectivity index (χ3n) is 2.41. The summed E-state index contributed by atoms with van der Waals surface area (Å²) in [7, 11) is 0. The Morgan fingerprint density at radius 3 is 2.33 bits per heavy atom. The van der Waals surface area contributed by atoms with E-state index in [0.717, 1.165) is 5.56 Å². The minimum Gasteiger partial charge on any atom is -0.379 e. The highest BCUT2D eigenvalue weighted by Crippen LogP contribution is 2.24. The van der Waals surface area contributed by atoms with E-state index < -0.39 is 0 Å². The van der Waals surface area contributed by atoms with Crippen LogP contribution >= 0.6 is 34.8 Å². The zero-order valence-corrected chi connectivity index (χ0v) is 11.5. The van der Waals surface area contributed by atoms with Crippen LogP contribution in [0.25, 0.3) is 0 Å². The molecule has 0 saturated carbocycles. The number of nitrogens with one attached hydrogen (secondary N) is 1. The van der Waals surface area contributed by atoms with Gasteiger partial charge in [0.1, 0.15) is 5.82 Å². The molecule has 0 unspecified atom stereocenters. The number of rotatable bonds is 3. The monoisotopic (exact) mass is 303 g/mol. The zero-order chi connectivity index (χ0) is 13.1. The summed E-state index contributed by atoms with van der Waals surface area (Å²) in [6, 6.07) is 9.51. The third kappa shape index (κ3) is 3.29. The van der Waals surface area contributed by atoms with Gasteiger partial charge in [-0.05, 0) is 35.9 Å². The van der Waals surface area contributed by atoms with Crippen molar-refractivity contribution in [1.29, 1.82) is 0 Å². The quantitative estimate of drug-likeness (QED) is 0.800. The van der Waals surface area contributed by atoms with Gasteiger partial charge in [0.2, 0.25) is 0 Å². The van der Waals surface area contributed by atoms with Gasteiger partial charge in [0.25, 0.3) is 0 Å². The highest BCUT2D eigenvalue weighted by molar-refractivity contribution is 6.35. The molecule has 0 heterocycles. The topological polar surface area (TPSA) is 12.0 Å². The molecule has 0 aliphatic rings. The molecule has 0 atom stereocenters. The van der Waals surface area contributed by atoms with Gasteiger partial charge < -0.3 is 5.32 Å². The molecular formula is C13H9Cl3FN. The highest BCUT2D eigenvalue weighted by Gasteiger charge is 2.05. The summed E-state index contributed by atoms with van der Waals surface area (Å²) in [6.07, 6.45) is 0. The van der Waals surface area contributed by atoms with Crippen molar-refractivity contribution in [1.82, 2.24) is 0 Å². The van der Waals surface area contributed by atoms with E-state index in [0.29, 0.717) is 27.3 Å². The number of hydrogen-bond acceptors (Lipinski definition) is 1. The zero-order valence-electron chi connectivity index (χ0n) is 9.18. The Morgan fingerprint density at radius 2 is 1.61 bits per heavy atom. The van der Waals surface area contributed by atoms with Crippen molar-refractivity contribution in [3.8, 4) is 0 Å². The molecule has 18 heavy (non-hydrogen) atoms. The SMILES string of the molecule is Fc1ccc(Cl)cc1NCc1ccc(Cl)cc1Cl. The van der Waals surface area contributed by atoms with Crippen LogP contribution in [0.15, 0.2) is 36.4 Å². The van der Waals surface area contributed by atoms with Crippen LogP contribution in [0, 0.1) is 5.82 Å². The van der Waals surface area contributed by atoms with E-state index in [4.69, 9.17) is 34.8 Å². The lowest BCUT2D eigenvalue weighted by Crippen LogP contribution is -2.02. The first-order valence-electron chi connectivity index (χ1n) is 5.19. The molecule has 0 fully saturated rings. The number of hydrogen-bond donors (Lipinski definition) is 1. The summed E-state index contributed by atoms with van der Waals surface area (Å²) in [5.41, 5.74) is 1.17. The summed E-state index contributed by atoms with van der Waals surface area (Å²) in [5, 5.41) is 4.52. The van der Waals surface area contributed by atoms with Gasteiger partial charge >= 0.3 is 0 Å². The van der Waals surface area contributed by atoms with Gasteiger partial charge in [-0.25, -0.2) is 4.39 Å². The molecule has 0 saturated heterocycles. The molecule has 0 bridgehead atoms. The van der Waals surface area contributed by atoms with E-state index in [9.17, 15) is 4.39 Å². The number of halogens is 4. The first-order valence-corrected chi connectivity index (χ1v) is 6.32. The third-order valence-corrected chi connectivity index (χ3v) is 3.23. The molecule has 0 radical (unpaired) electrons. The largest absolute Gasteiger partial charge is 0.379 e. The van der Waals surface area contributed by atoms with Crippen molar-refractivity contribution in [3.05, 3.63) is 62.8 Å². The van der Waals surface area contributed by atoms with Crippen molar-refractivity contribution in [2.24, 2.45) is 0 Å². The molecule has 0 aliphatic carbocycles. The van der Waals surface area contributed by atoms with Gasteiger partial charge in [0.15, 0.2) is 0 Å². The van der Waals surface area contributed by atoms with Crippen molar-refractivity contribution in [2.75, 3.05) is 5.32 Å². The molecular weight excluding hydrogens is 296 g/mol. The highest BCUT2D eigenvalue weighted by atomic mass is 35.5. The van der Waals surface area contributed by atoms with Crippen LogP contribution < -0.4 is 5.32 Å². The second-order valence-electron chi connectivity index (χ2n) is 3.71. The van der Waals surface area contributed by atoms with Crippen LogP contribution in [0.1, 0.15) is 5.56 Å². The molecule has 0 amide bonds. The Hall–Kier alpha value is -0.960. The normalized spacial score (nSPS) is 10.4. The van der Waals surface area contributed by atoms with Crippen LogP contribution in [0.5, 0.6) is 0 Å². The summed E-state index contributed by atoms with van der Waals surface area (Å²) in [5.74, 6) is -0.357. The smallest absolute Gasteiger partial charge is 0.146 e. The predicted molar refractivity (Wildman–Crippen MR) is 75.2 cm³/mol. The standard InChI is InChI=1S/C13H9Cl3FN/c14-9-2-1-8(11(16)5-9)7-18-13-6-10(15)3-4-12(13)17/h1-6,18H,7H2. The first kappa shape index (κ1) is 13.5. The minimum absolute atomic E-state index is 0.341. The molecule has 94 valence electrons. The van der Waals surface area contributed by atoms with Crippen molar-refractivity contribution >= 4 is 40.5 Å². The first-order chi connectivity index (χ1) is 8.56. The Bertz CT molecular complexity index is 572. The second-order valence-corrected chi connectivity index (χ2v) is 4.99. The van der Waals surface area contributed by atoms with Gasteiger partial charge in [-0.2, -0.15) is 0 Å². The lowest BCUT2D eigenvalue weighted by Gasteiger charge is -2.09. The van der Waals surface area contributed by atoms with E-state index >= 15 is 0 Å². The van der Waals surface area contributed by atoms with Gasteiger partial charge in [-0.1, -0.05) is 40.9 Å². The summed E-state index contributed by atoms with van der Waals surface area (Å²) in [6.45, 7) is 0.396. The van der Waals surface area contributed by atoms with Crippen LogP contribution in [0.3, 0.4) is 0 Å². The van der Waals surface area contributed by atoms with Crippen LogP contribution in [-0.4, -0.2) is 0 Å². The predicted octanol–water partition coefficient (Wildman–Crippen LogP) is 5.40. The molecule has 5 heteroatoms. The lowest BCUT2D eigenvalue weighted by atomic mass is 10.2. The summed E-state index contributed by atoms with van der Waals surface area (Å²) >= 11 is 17.6. The molecule has 0 aromatic heterocycles. The molecule has 1 nitrogen and oxygen atoms in total. The van der Waals surface area contributed by atoms with Crippen LogP contribution in [-0.2, 0) is 6.54 Å². The van der Waals surface area contributed by atoms with Crippen LogP contribution in [0.2, 0.25) is 15.1 Å². The van der Waals surface area contributed by atoms with Gasteiger partial charge in [-0.15, -0.1) is 0 Å². The van der Waals surface area contributed by atoms with E-state index in [1.54, 1.807) is 18.2 Å². The van der Waals surface area contributed by atoms with Crippen molar-refractivity contribution < 1.29 is 4.39 Å². The van der Waals surface area contributed by atoms with Crippen molar-refractivity contribution in [3.63, 3.8) is 0 Å². The summed E-state index contributed by atoms with van der Waals surface area (Å²) in [4.78, 5) is 0. The molecule has 2 rings (SSSR count). The van der Waals surface area contributed by atoms with Gasteiger partial charge in [-0.3, -0.25) is 0 Å². The van der Waals surface area contributed by atoms with E-state index in [-0.39, 0.29) is 5.82 Å². The Kier molecular flexibility index (Phi) is 4.33. The maximum Gasteiger partial charge on any atom is 0.146 e. The van der Waals surface area contributed by atoms with E-state index in [2.05, 4.69) is 5.32 Å². The molecule has 1 N–H and O–H groups in total.